The van der Waals surface area contributed by atoms with Crippen molar-refractivity contribution in [3.05, 3.63) is 94.9 Å². The highest BCUT2D eigenvalue weighted by molar-refractivity contribution is 9.10. The van der Waals surface area contributed by atoms with Crippen molar-refractivity contribution in [2.24, 2.45) is 0 Å². The van der Waals surface area contributed by atoms with E-state index in [1.54, 1.807) is 6.20 Å². The number of benzene rings is 2. The highest BCUT2D eigenvalue weighted by atomic mass is 79.9. The fraction of sp³-hybridized carbons (Fsp3) is 0.0909. The van der Waals surface area contributed by atoms with E-state index in [9.17, 15) is 4.79 Å². The summed E-state index contributed by atoms with van der Waals surface area (Å²) in [7, 11) is 0. The number of pyridine rings is 1. The summed E-state index contributed by atoms with van der Waals surface area (Å²) in [5, 5.41) is 7.00. The molecule has 0 saturated heterocycles. The molecule has 0 aliphatic heterocycles. The number of halogens is 1. The Balaban J connectivity index is 1.55. The van der Waals surface area contributed by atoms with E-state index >= 15 is 0 Å². The Morgan fingerprint density at radius 2 is 1.89 bits per heavy atom. The monoisotopic (exact) mass is 434 g/mol. The van der Waals surface area contributed by atoms with Crippen LogP contribution >= 0.6 is 15.9 Å². The molecule has 4 rings (SSSR count). The van der Waals surface area contributed by atoms with Gasteiger partial charge < -0.3 is 15.6 Å². The Hall–Kier alpha value is -3.12. The van der Waals surface area contributed by atoms with E-state index in [0.29, 0.717) is 6.54 Å². The van der Waals surface area contributed by atoms with Crippen molar-refractivity contribution in [1.82, 2.24) is 15.3 Å². The highest BCUT2D eigenvalue weighted by Crippen LogP contribution is 2.30. The largest absolute Gasteiger partial charge is 0.361 e. The lowest BCUT2D eigenvalue weighted by Gasteiger charge is -2.18. The standard InChI is InChI=1S/C22H19BrN4O/c23-16-7-9-17(10-8-16)27-22(28)26-13-19(15-4-3-11-24-12-15)20-14-25-21-6-2-1-5-18(20)21/h1-12,14,19,25H,13H2,(H2,26,27,28)/t19-/m1/s1. The fourth-order valence-corrected chi connectivity index (χ4v) is 3.54. The molecule has 2 amide bonds. The summed E-state index contributed by atoms with van der Waals surface area (Å²) in [6.07, 6.45) is 5.61. The zero-order chi connectivity index (χ0) is 19.3. The molecule has 2 aromatic carbocycles. The number of hydrogen-bond acceptors (Lipinski definition) is 2. The number of para-hydroxylation sites is 1. The minimum absolute atomic E-state index is 0.0134. The summed E-state index contributed by atoms with van der Waals surface area (Å²) in [5.74, 6) is -0.0134. The van der Waals surface area contributed by atoms with Gasteiger partial charge in [-0.1, -0.05) is 40.2 Å². The van der Waals surface area contributed by atoms with E-state index in [0.717, 1.165) is 32.2 Å². The number of aromatic nitrogens is 2. The third-order valence-corrected chi connectivity index (χ3v) is 5.18. The summed E-state index contributed by atoms with van der Waals surface area (Å²) >= 11 is 3.39. The maximum Gasteiger partial charge on any atom is 0.319 e. The van der Waals surface area contributed by atoms with Crippen LogP contribution in [0.15, 0.2) is 83.7 Å². The van der Waals surface area contributed by atoms with Crippen LogP contribution in [0.3, 0.4) is 0 Å². The molecule has 0 saturated carbocycles. The van der Waals surface area contributed by atoms with Gasteiger partial charge in [0.05, 0.1) is 0 Å². The molecular formula is C22H19BrN4O. The number of nitrogens with zero attached hydrogens (tertiary/aromatic N) is 1. The lowest BCUT2D eigenvalue weighted by Crippen LogP contribution is -2.32. The first-order chi connectivity index (χ1) is 13.7. The molecule has 4 aromatic rings. The molecule has 6 heteroatoms. The van der Waals surface area contributed by atoms with Crippen molar-refractivity contribution in [2.45, 2.75) is 5.92 Å². The maximum atomic E-state index is 12.4. The lowest BCUT2D eigenvalue weighted by molar-refractivity contribution is 0.252. The van der Waals surface area contributed by atoms with Crippen LogP contribution in [-0.2, 0) is 0 Å². The molecule has 0 fully saturated rings. The number of amides is 2. The van der Waals surface area contributed by atoms with Gasteiger partial charge in [-0.25, -0.2) is 4.79 Å². The summed E-state index contributed by atoms with van der Waals surface area (Å²) in [6, 6.07) is 19.4. The van der Waals surface area contributed by atoms with E-state index in [1.807, 2.05) is 67.0 Å². The first-order valence-electron chi connectivity index (χ1n) is 8.97. The number of fused-ring (bicyclic) bond motifs is 1. The summed E-state index contributed by atoms with van der Waals surface area (Å²) in [6.45, 7) is 0.454. The van der Waals surface area contributed by atoms with Crippen LogP contribution in [0.4, 0.5) is 10.5 Å². The number of anilines is 1. The number of carbonyl (C=O) groups excluding carboxylic acids is 1. The number of rotatable bonds is 5. The molecule has 2 heterocycles. The van der Waals surface area contributed by atoms with Crippen molar-refractivity contribution in [2.75, 3.05) is 11.9 Å². The molecule has 1 atom stereocenters. The molecule has 0 aliphatic carbocycles. The van der Waals surface area contributed by atoms with Crippen LogP contribution in [0.1, 0.15) is 17.0 Å². The predicted molar refractivity (Wildman–Crippen MR) is 116 cm³/mol. The molecule has 2 aromatic heterocycles. The third-order valence-electron chi connectivity index (χ3n) is 4.65. The van der Waals surface area contributed by atoms with Crippen LogP contribution in [-0.4, -0.2) is 22.5 Å². The third kappa shape index (κ3) is 4.07. The van der Waals surface area contributed by atoms with Gasteiger partial charge in [0.2, 0.25) is 0 Å². The van der Waals surface area contributed by atoms with Gasteiger partial charge in [0.1, 0.15) is 0 Å². The molecule has 0 unspecified atom stereocenters. The lowest BCUT2D eigenvalue weighted by atomic mass is 9.92. The van der Waals surface area contributed by atoms with Crippen molar-refractivity contribution < 1.29 is 4.79 Å². The Bertz CT molecular complexity index is 1080. The number of hydrogen-bond donors (Lipinski definition) is 3. The van der Waals surface area contributed by atoms with Crippen LogP contribution in [0.5, 0.6) is 0 Å². The second-order valence-electron chi connectivity index (χ2n) is 6.47. The van der Waals surface area contributed by atoms with Crippen LogP contribution in [0, 0.1) is 0 Å². The molecule has 3 N–H and O–H groups in total. The molecule has 0 radical (unpaired) electrons. The van der Waals surface area contributed by atoms with Gasteiger partial charge in [0, 0.05) is 52.1 Å². The molecule has 5 nitrogen and oxygen atoms in total. The van der Waals surface area contributed by atoms with Crippen LogP contribution < -0.4 is 10.6 Å². The number of aromatic amines is 1. The Kier molecular flexibility index (Phi) is 5.39. The number of carbonyl (C=O) groups is 1. The van der Waals surface area contributed by atoms with E-state index < -0.39 is 0 Å². The smallest absolute Gasteiger partial charge is 0.319 e. The van der Waals surface area contributed by atoms with Crippen LogP contribution in [0.25, 0.3) is 10.9 Å². The van der Waals surface area contributed by atoms with Gasteiger partial charge in [-0.15, -0.1) is 0 Å². The molecule has 0 aliphatic rings. The predicted octanol–water partition coefficient (Wildman–Crippen LogP) is 5.28. The van der Waals surface area contributed by atoms with Gasteiger partial charge in [-0.3, -0.25) is 4.98 Å². The van der Waals surface area contributed by atoms with Gasteiger partial charge in [-0.05, 0) is 47.5 Å². The molecule has 28 heavy (non-hydrogen) atoms. The fourth-order valence-electron chi connectivity index (χ4n) is 3.27. The highest BCUT2D eigenvalue weighted by Gasteiger charge is 2.19. The molecule has 0 spiro atoms. The van der Waals surface area contributed by atoms with Gasteiger partial charge in [0.15, 0.2) is 0 Å². The SMILES string of the molecule is O=C(NC[C@H](c1cccnc1)c1c[nH]c2ccccc12)Nc1ccc(Br)cc1. The van der Waals surface area contributed by atoms with E-state index in [2.05, 4.69) is 42.6 Å². The van der Waals surface area contributed by atoms with Crippen molar-refractivity contribution in [1.29, 1.82) is 0 Å². The summed E-state index contributed by atoms with van der Waals surface area (Å²) in [4.78, 5) is 20.0. The second kappa shape index (κ2) is 8.27. The maximum absolute atomic E-state index is 12.4. The van der Waals surface area contributed by atoms with Crippen molar-refractivity contribution in [3.63, 3.8) is 0 Å². The second-order valence-corrected chi connectivity index (χ2v) is 7.39. The number of nitrogens with one attached hydrogen (secondary N) is 3. The number of H-pyrrole nitrogens is 1. The molecule has 140 valence electrons. The van der Waals surface area contributed by atoms with E-state index in [4.69, 9.17) is 0 Å². The summed E-state index contributed by atoms with van der Waals surface area (Å²) in [5.41, 5.74) is 4.00. The molecular weight excluding hydrogens is 416 g/mol. The first kappa shape index (κ1) is 18.3. The average molecular weight is 435 g/mol. The number of urea groups is 1. The Morgan fingerprint density at radius 1 is 1.07 bits per heavy atom. The van der Waals surface area contributed by atoms with Crippen molar-refractivity contribution >= 4 is 38.6 Å². The van der Waals surface area contributed by atoms with Crippen LogP contribution in [0.2, 0.25) is 0 Å². The van der Waals surface area contributed by atoms with Gasteiger partial charge in [-0.2, -0.15) is 0 Å². The zero-order valence-corrected chi connectivity index (χ0v) is 16.6. The van der Waals surface area contributed by atoms with E-state index in [-0.39, 0.29) is 11.9 Å². The zero-order valence-electron chi connectivity index (χ0n) is 15.0. The minimum Gasteiger partial charge on any atom is -0.361 e. The Morgan fingerprint density at radius 3 is 2.68 bits per heavy atom. The first-order valence-corrected chi connectivity index (χ1v) is 9.76. The topological polar surface area (TPSA) is 69.8 Å². The van der Waals surface area contributed by atoms with E-state index in [1.165, 1.54) is 0 Å². The van der Waals surface area contributed by atoms with Gasteiger partial charge in [0.25, 0.3) is 0 Å². The minimum atomic E-state index is -0.240. The Labute approximate surface area is 171 Å². The molecule has 0 bridgehead atoms. The average Bonchev–Trinajstić information content (AvgIpc) is 3.15. The van der Waals surface area contributed by atoms with Crippen molar-refractivity contribution in [3.8, 4) is 0 Å². The van der Waals surface area contributed by atoms with Gasteiger partial charge >= 0.3 is 6.03 Å². The summed E-state index contributed by atoms with van der Waals surface area (Å²) < 4.78 is 0.967. The quantitative estimate of drug-likeness (QED) is 0.399. The normalized spacial score (nSPS) is 11.9.